The van der Waals surface area contributed by atoms with Crippen LogP contribution in [-0.2, 0) is 25.5 Å². The van der Waals surface area contributed by atoms with Crippen LogP contribution in [0.3, 0.4) is 0 Å². The number of piperidine rings is 1. The fraction of sp³-hybridized carbons (Fsp3) is 0.550. The van der Waals surface area contributed by atoms with Crippen molar-refractivity contribution < 1.29 is 23.6 Å². The van der Waals surface area contributed by atoms with E-state index < -0.39 is 0 Å². The van der Waals surface area contributed by atoms with Gasteiger partial charge in [0.25, 0.3) is 0 Å². The van der Waals surface area contributed by atoms with Crippen LogP contribution in [0.15, 0.2) is 21.3 Å². The molecular weight excluding hydrogens is 408 g/mol. The Morgan fingerprint density at radius 3 is 2.77 bits per heavy atom. The van der Waals surface area contributed by atoms with Crippen molar-refractivity contribution in [3.05, 3.63) is 22.7 Å². The highest BCUT2D eigenvalue weighted by Crippen LogP contribution is 2.20. The molecule has 0 aromatic carbocycles. The molecule has 1 saturated heterocycles. The molecule has 3 rings (SSSR count). The van der Waals surface area contributed by atoms with Crippen LogP contribution in [0.25, 0.3) is 11.4 Å². The highest BCUT2D eigenvalue weighted by molar-refractivity contribution is 7.08. The van der Waals surface area contributed by atoms with Crippen molar-refractivity contribution >= 4 is 29.1 Å². The molecular formula is C20H26N4O5S. The standard InChI is InChI=1S/C20H26N4O5S/c1-3-28-20(27)14-6-9-24(10-7-14)18(26)12-23(2)17(25)5-4-16-21-19(22-29-16)15-8-11-30-13-15/h8,11,13-14H,3-7,9-10,12H2,1-2H3. The number of thiophene rings is 1. The number of likely N-dealkylation sites (N-methyl/N-ethyl adjacent to an activating group) is 1. The van der Waals surface area contributed by atoms with Gasteiger partial charge in [0, 0.05) is 43.9 Å². The smallest absolute Gasteiger partial charge is 0.309 e. The predicted octanol–water partition coefficient (Wildman–Crippen LogP) is 1.99. The summed E-state index contributed by atoms with van der Waals surface area (Å²) in [4.78, 5) is 44.1. The van der Waals surface area contributed by atoms with E-state index in [1.54, 1.807) is 30.2 Å². The summed E-state index contributed by atoms with van der Waals surface area (Å²) < 4.78 is 10.2. The van der Waals surface area contributed by atoms with Crippen LogP contribution in [0, 0.1) is 5.92 Å². The maximum atomic E-state index is 12.5. The first-order valence-corrected chi connectivity index (χ1v) is 11.0. The summed E-state index contributed by atoms with van der Waals surface area (Å²) in [6.07, 6.45) is 1.68. The molecule has 162 valence electrons. The summed E-state index contributed by atoms with van der Waals surface area (Å²) in [7, 11) is 1.61. The lowest BCUT2D eigenvalue weighted by Crippen LogP contribution is -2.45. The molecule has 0 bridgehead atoms. The lowest BCUT2D eigenvalue weighted by Gasteiger charge is -2.32. The molecule has 1 aliphatic heterocycles. The third kappa shape index (κ3) is 5.65. The molecule has 0 unspecified atom stereocenters. The minimum Gasteiger partial charge on any atom is -0.466 e. The van der Waals surface area contributed by atoms with Gasteiger partial charge in [0.15, 0.2) is 0 Å². The zero-order valence-corrected chi connectivity index (χ0v) is 18.0. The van der Waals surface area contributed by atoms with Crippen molar-refractivity contribution in [3.8, 4) is 11.4 Å². The third-order valence-corrected chi connectivity index (χ3v) is 5.75. The second kappa shape index (κ2) is 10.3. The number of hydrogen-bond donors (Lipinski definition) is 0. The zero-order chi connectivity index (χ0) is 21.5. The van der Waals surface area contributed by atoms with Crippen LogP contribution < -0.4 is 0 Å². The number of carbonyl (C=O) groups excluding carboxylic acids is 3. The summed E-state index contributed by atoms with van der Waals surface area (Å²) in [5, 5.41) is 7.78. The van der Waals surface area contributed by atoms with Gasteiger partial charge in [-0.3, -0.25) is 14.4 Å². The molecule has 2 aromatic heterocycles. The minimum absolute atomic E-state index is 0.00684. The van der Waals surface area contributed by atoms with Crippen LogP contribution in [0.4, 0.5) is 0 Å². The second-order valence-corrected chi connectivity index (χ2v) is 7.96. The number of rotatable bonds is 8. The summed E-state index contributed by atoms with van der Waals surface area (Å²) in [5.74, 6) is 0.270. The van der Waals surface area contributed by atoms with E-state index >= 15 is 0 Å². The topological polar surface area (TPSA) is 106 Å². The maximum Gasteiger partial charge on any atom is 0.309 e. The molecule has 1 fully saturated rings. The highest BCUT2D eigenvalue weighted by Gasteiger charge is 2.29. The van der Waals surface area contributed by atoms with E-state index in [4.69, 9.17) is 9.26 Å². The van der Waals surface area contributed by atoms with Gasteiger partial charge in [-0.05, 0) is 31.2 Å². The fourth-order valence-corrected chi connectivity index (χ4v) is 3.92. The number of amides is 2. The van der Waals surface area contributed by atoms with Gasteiger partial charge < -0.3 is 19.1 Å². The van der Waals surface area contributed by atoms with E-state index in [0.29, 0.717) is 50.7 Å². The monoisotopic (exact) mass is 434 g/mol. The van der Waals surface area contributed by atoms with Crippen molar-refractivity contribution in [3.63, 3.8) is 0 Å². The fourth-order valence-electron chi connectivity index (χ4n) is 3.29. The number of hydrogen-bond acceptors (Lipinski definition) is 8. The summed E-state index contributed by atoms with van der Waals surface area (Å²) >= 11 is 1.55. The van der Waals surface area contributed by atoms with Gasteiger partial charge in [-0.25, -0.2) is 0 Å². The Bertz CT molecular complexity index is 858. The molecule has 0 aliphatic carbocycles. The van der Waals surface area contributed by atoms with E-state index in [2.05, 4.69) is 10.1 Å². The maximum absolute atomic E-state index is 12.5. The van der Waals surface area contributed by atoms with E-state index in [9.17, 15) is 14.4 Å². The van der Waals surface area contributed by atoms with Gasteiger partial charge in [0.2, 0.25) is 23.5 Å². The molecule has 10 heteroatoms. The van der Waals surface area contributed by atoms with Crippen LogP contribution in [0.5, 0.6) is 0 Å². The highest BCUT2D eigenvalue weighted by atomic mass is 32.1. The molecule has 0 atom stereocenters. The van der Waals surface area contributed by atoms with Crippen molar-refractivity contribution in [1.29, 1.82) is 0 Å². The molecule has 3 heterocycles. The second-order valence-electron chi connectivity index (χ2n) is 7.18. The van der Waals surface area contributed by atoms with E-state index in [-0.39, 0.29) is 36.7 Å². The van der Waals surface area contributed by atoms with E-state index in [1.165, 1.54) is 4.90 Å². The zero-order valence-electron chi connectivity index (χ0n) is 17.2. The number of carbonyl (C=O) groups is 3. The van der Waals surface area contributed by atoms with Crippen molar-refractivity contribution in [2.75, 3.05) is 33.3 Å². The normalized spacial score (nSPS) is 14.5. The molecule has 30 heavy (non-hydrogen) atoms. The number of likely N-dealkylation sites (tertiary alicyclic amines) is 1. The van der Waals surface area contributed by atoms with Gasteiger partial charge in [0.05, 0.1) is 19.1 Å². The molecule has 0 spiro atoms. The van der Waals surface area contributed by atoms with Gasteiger partial charge >= 0.3 is 5.97 Å². The number of ether oxygens (including phenoxy) is 1. The molecule has 2 amide bonds. The molecule has 9 nitrogen and oxygen atoms in total. The largest absolute Gasteiger partial charge is 0.466 e. The first-order chi connectivity index (χ1) is 14.5. The van der Waals surface area contributed by atoms with Crippen molar-refractivity contribution in [1.82, 2.24) is 19.9 Å². The quantitative estimate of drug-likeness (QED) is 0.585. The minimum atomic E-state index is -0.194. The van der Waals surface area contributed by atoms with Gasteiger partial charge in [0.1, 0.15) is 0 Å². The average molecular weight is 435 g/mol. The van der Waals surface area contributed by atoms with E-state index in [0.717, 1.165) is 5.56 Å². The van der Waals surface area contributed by atoms with Crippen LogP contribution in [0.2, 0.25) is 0 Å². The van der Waals surface area contributed by atoms with Crippen molar-refractivity contribution in [2.45, 2.75) is 32.6 Å². The molecule has 1 aliphatic rings. The molecule has 0 radical (unpaired) electrons. The Morgan fingerprint density at radius 2 is 2.10 bits per heavy atom. The number of esters is 1. The molecule has 2 aromatic rings. The molecule has 0 N–H and O–H groups in total. The van der Waals surface area contributed by atoms with Crippen LogP contribution in [-0.4, -0.2) is 71.0 Å². The summed E-state index contributed by atoms with van der Waals surface area (Å²) in [5.41, 5.74) is 0.885. The van der Waals surface area contributed by atoms with Gasteiger partial charge in [-0.2, -0.15) is 16.3 Å². The van der Waals surface area contributed by atoms with Gasteiger partial charge in [-0.15, -0.1) is 0 Å². The lowest BCUT2D eigenvalue weighted by molar-refractivity contribution is -0.151. The van der Waals surface area contributed by atoms with Crippen LogP contribution in [0.1, 0.15) is 32.1 Å². The summed E-state index contributed by atoms with van der Waals surface area (Å²) in [6, 6.07) is 1.90. The Morgan fingerprint density at radius 1 is 1.33 bits per heavy atom. The number of nitrogens with zero attached hydrogens (tertiary/aromatic N) is 4. The van der Waals surface area contributed by atoms with Crippen molar-refractivity contribution in [2.24, 2.45) is 5.92 Å². The first kappa shape index (κ1) is 21.9. The SMILES string of the molecule is CCOC(=O)C1CCN(C(=O)CN(C)C(=O)CCc2nc(-c3ccsc3)no2)CC1. The van der Waals surface area contributed by atoms with Gasteiger partial charge in [-0.1, -0.05) is 5.16 Å². The average Bonchev–Trinajstić information content (AvgIpc) is 3.44. The number of aromatic nitrogens is 2. The van der Waals surface area contributed by atoms with E-state index in [1.807, 2.05) is 16.8 Å². The Balaban J connectivity index is 1.41. The Kier molecular flexibility index (Phi) is 7.56. The molecule has 0 saturated carbocycles. The van der Waals surface area contributed by atoms with Crippen LogP contribution >= 0.6 is 11.3 Å². The third-order valence-electron chi connectivity index (χ3n) is 5.07. The number of aryl methyl sites for hydroxylation is 1. The predicted molar refractivity (Wildman–Crippen MR) is 110 cm³/mol. The lowest BCUT2D eigenvalue weighted by atomic mass is 9.97. The summed E-state index contributed by atoms with van der Waals surface area (Å²) in [6.45, 7) is 3.15. The Labute approximate surface area is 179 Å². The first-order valence-electron chi connectivity index (χ1n) is 10.0. The Hall–Kier alpha value is -2.75.